The van der Waals surface area contributed by atoms with Crippen LogP contribution in [0.1, 0.15) is 0 Å². The summed E-state index contributed by atoms with van der Waals surface area (Å²) < 4.78 is 26.5. The first-order chi connectivity index (χ1) is 12.5. The number of hydrogen-bond donors (Lipinski definition) is 4. The van der Waals surface area contributed by atoms with Crippen molar-refractivity contribution in [2.75, 3.05) is 17.5 Å². The summed E-state index contributed by atoms with van der Waals surface area (Å²) in [6, 6.07) is 3.74. The molecule has 1 aromatic carbocycles. The predicted octanol–water partition coefficient (Wildman–Crippen LogP) is 0.248. The summed E-state index contributed by atoms with van der Waals surface area (Å²) >= 11 is 5.90. The number of aromatic nitrogens is 1. The molecule has 0 saturated carbocycles. The second kappa shape index (κ2) is 7.73. The molecule has 0 aliphatic carbocycles. The van der Waals surface area contributed by atoms with Gasteiger partial charge in [-0.2, -0.15) is 4.31 Å². The van der Waals surface area contributed by atoms with Gasteiger partial charge in [0.2, 0.25) is 16.0 Å². The summed E-state index contributed by atoms with van der Waals surface area (Å²) in [6.07, 6.45) is 2.66. The Labute approximate surface area is 158 Å². The maximum atomic E-state index is 12.7. The lowest BCUT2D eigenvalue weighted by atomic mass is 10.1. The van der Waals surface area contributed by atoms with Crippen LogP contribution in [0, 0.1) is 5.41 Å². The van der Waals surface area contributed by atoms with Gasteiger partial charge in [0.15, 0.2) is 0 Å². The number of hydrogen-bond acceptors (Lipinski definition) is 6. The van der Waals surface area contributed by atoms with Crippen molar-refractivity contribution in [1.82, 2.24) is 9.29 Å². The lowest BCUT2D eigenvalue weighted by molar-refractivity contribution is -0.139. The molecule has 0 spiro atoms. The van der Waals surface area contributed by atoms with E-state index in [0.29, 0.717) is 15.1 Å². The van der Waals surface area contributed by atoms with Gasteiger partial charge in [-0.1, -0.05) is 6.07 Å². The Kier molecular flexibility index (Phi) is 5.83. The van der Waals surface area contributed by atoms with E-state index >= 15 is 0 Å². The van der Waals surface area contributed by atoms with Crippen molar-refractivity contribution in [3.05, 3.63) is 30.6 Å². The predicted molar refractivity (Wildman–Crippen MR) is 96.0 cm³/mol. The molecule has 0 radical (unpaired) electrons. The molecule has 27 heavy (non-hydrogen) atoms. The van der Waals surface area contributed by atoms with Gasteiger partial charge in [-0.25, -0.2) is 12.8 Å². The standard InChI is InChI=1S/C14H14ClN5O6S/c15-20(14(16)17)11-5-18-4-8-3-9(1-2-10(8)11)27(25,26)19(6-12(21)22)7-13(23)24/h1-5H,6-7H2,(H3,16,17)(H,21,22)(H,23,24). The van der Waals surface area contributed by atoms with Crippen LogP contribution in [-0.4, -0.2) is 58.9 Å². The number of halogens is 1. The molecule has 0 bridgehead atoms. The lowest BCUT2D eigenvalue weighted by Crippen LogP contribution is -2.39. The highest BCUT2D eigenvalue weighted by Crippen LogP contribution is 2.29. The molecule has 1 heterocycles. The van der Waals surface area contributed by atoms with Crippen molar-refractivity contribution in [2.45, 2.75) is 4.90 Å². The second-order valence-corrected chi connectivity index (χ2v) is 7.54. The molecule has 0 aliphatic heterocycles. The number of carboxylic acid groups (broad SMARTS) is 2. The van der Waals surface area contributed by atoms with Crippen LogP contribution >= 0.6 is 11.8 Å². The van der Waals surface area contributed by atoms with Crippen LogP contribution in [0.3, 0.4) is 0 Å². The maximum absolute atomic E-state index is 12.7. The molecule has 2 aromatic rings. The van der Waals surface area contributed by atoms with Crippen LogP contribution in [0.4, 0.5) is 5.69 Å². The number of rotatable bonds is 7. The topological polar surface area (TPSA) is 178 Å². The van der Waals surface area contributed by atoms with E-state index in [1.165, 1.54) is 30.6 Å². The first kappa shape index (κ1) is 20.4. The Morgan fingerprint density at radius 3 is 2.30 bits per heavy atom. The van der Waals surface area contributed by atoms with E-state index in [1.54, 1.807) is 0 Å². The average molecular weight is 416 g/mol. The van der Waals surface area contributed by atoms with Gasteiger partial charge in [-0.15, -0.1) is 0 Å². The smallest absolute Gasteiger partial charge is 0.318 e. The maximum Gasteiger partial charge on any atom is 0.318 e. The van der Waals surface area contributed by atoms with Crippen molar-refractivity contribution in [2.24, 2.45) is 5.73 Å². The van der Waals surface area contributed by atoms with Crippen LogP contribution in [0.5, 0.6) is 0 Å². The average Bonchev–Trinajstić information content (AvgIpc) is 2.58. The highest BCUT2D eigenvalue weighted by Gasteiger charge is 2.29. The van der Waals surface area contributed by atoms with E-state index in [-0.39, 0.29) is 10.6 Å². The van der Waals surface area contributed by atoms with Gasteiger partial charge in [0, 0.05) is 28.7 Å². The zero-order valence-electron chi connectivity index (χ0n) is 13.5. The molecule has 0 fully saturated rings. The Morgan fingerprint density at radius 2 is 1.78 bits per heavy atom. The largest absolute Gasteiger partial charge is 0.480 e. The van der Waals surface area contributed by atoms with E-state index in [1.807, 2.05) is 0 Å². The Hall–Kier alpha value is -2.96. The van der Waals surface area contributed by atoms with E-state index in [4.69, 9.17) is 33.1 Å². The third-order valence-electron chi connectivity index (χ3n) is 3.39. The number of nitrogens with zero attached hydrogens (tertiary/aromatic N) is 3. The third-order valence-corrected chi connectivity index (χ3v) is 5.55. The molecule has 0 amide bonds. The molecular formula is C14H14ClN5O6S. The summed E-state index contributed by atoms with van der Waals surface area (Å²) in [5.74, 6) is -3.47. The highest BCUT2D eigenvalue weighted by molar-refractivity contribution is 7.89. The van der Waals surface area contributed by atoms with E-state index in [9.17, 15) is 18.0 Å². The number of nitrogens with one attached hydrogen (secondary N) is 1. The normalized spacial score (nSPS) is 11.5. The summed E-state index contributed by atoms with van der Waals surface area (Å²) in [5, 5.41) is 25.8. The van der Waals surface area contributed by atoms with Crippen molar-refractivity contribution in [3.8, 4) is 0 Å². The number of anilines is 1. The molecule has 0 saturated heterocycles. The number of carbonyl (C=O) groups is 2. The zero-order chi connectivity index (χ0) is 20.4. The van der Waals surface area contributed by atoms with Crippen molar-refractivity contribution < 1.29 is 28.2 Å². The number of fused-ring (bicyclic) bond motifs is 1. The Bertz CT molecular complexity index is 1010. The fourth-order valence-corrected chi connectivity index (χ4v) is 3.77. The molecular weight excluding hydrogens is 402 g/mol. The molecule has 144 valence electrons. The van der Waals surface area contributed by atoms with Gasteiger partial charge in [0.05, 0.1) is 16.8 Å². The summed E-state index contributed by atoms with van der Waals surface area (Å²) in [4.78, 5) is 25.4. The Morgan fingerprint density at radius 1 is 1.19 bits per heavy atom. The quantitative estimate of drug-likeness (QED) is 0.280. The molecule has 5 N–H and O–H groups in total. The minimum Gasteiger partial charge on any atom is -0.480 e. The number of benzene rings is 1. The van der Waals surface area contributed by atoms with Gasteiger partial charge in [0.1, 0.15) is 13.1 Å². The molecule has 2 rings (SSSR count). The minimum absolute atomic E-state index is 0.235. The van der Waals surface area contributed by atoms with E-state index in [0.717, 1.165) is 4.42 Å². The zero-order valence-corrected chi connectivity index (χ0v) is 15.1. The number of aliphatic carboxylic acids is 2. The van der Waals surface area contributed by atoms with Gasteiger partial charge < -0.3 is 15.9 Å². The van der Waals surface area contributed by atoms with E-state index < -0.39 is 41.0 Å². The number of pyridine rings is 1. The number of sulfonamides is 1. The number of guanidine groups is 1. The number of nitrogens with two attached hydrogens (primary N) is 1. The van der Waals surface area contributed by atoms with Crippen molar-refractivity contribution in [3.63, 3.8) is 0 Å². The van der Waals surface area contributed by atoms with Gasteiger partial charge >= 0.3 is 11.9 Å². The van der Waals surface area contributed by atoms with Gasteiger partial charge in [-0.05, 0) is 12.1 Å². The first-order valence-electron chi connectivity index (χ1n) is 7.15. The van der Waals surface area contributed by atoms with Crippen molar-refractivity contribution in [1.29, 1.82) is 5.41 Å². The van der Waals surface area contributed by atoms with Crippen molar-refractivity contribution >= 4 is 56.2 Å². The van der Waals surface area contributed by atoms with Crippen LogP contribution in [0.25, 0.3) is 10.8 Å². The monoisotopic (exact) mass is 415 g/mol. The number of carboxylic acids is 2. The summed E-state index contributed by atoms with van der Waals surface area (Å²) in [5.41, 5.74) is 5.56. The summed E-state index contributed by atoms with van der Waals surface area (Å²) in [6.45, 7) is -2.02. The van der Waals surface area contributed by atoms with Crippen LogP contribution in [-0.2, 0) is 19.6 Å². The van der Waals surface area contributed by atoms with Crippen LogP contribution in [0.2, 0.25) is 0 Å². The second-order valence-electron chi connectivity index (χ2n) is 5.27. The summed E-state index contributed by atoms with van der Waals surface area (Å²) in [7, 11) is -4.40. The molecule has 0 atom stereocenters. The molecule has 13 heteroatoms. The van der Waals surface area contributed by atoms with Crippen LogP contribution in [0.15, 0.2) is 35.5 Å². The third kappa shape index (κ3) is 4.42. The lowest BCUT2D eigenvalue weighted by Gasteiger charge is -2.19. The molecule has 0 unspecified atom stereocenters. The fourth-order valence-electron chi connectivity index (χ4n) is 2.26. The van der Waals surface area contributed by atoms with Gasteiger partial charge in [-0.3, -0.25) is 20.0 Å². The first-order valence-corrected chi connectivity index (χ1v) is 8.93. The molecule has 11 nitrogen and oxygen atoms in total. The SMILES string of the molecule is N=C(N)N(Cl)c1cncc2cc(S(=O)(=O)N(CC(=O)O)CC(=O)O)ccc12. The van der Waals surface area contributed by atoms with Gasteiger partial charge in [0.25, 0.3) is 0 Å². The minimum atomic E-state index is -4.40. The van der Waals surface area contributed by atoms with Crippen LogP contribution < -0.4 is 10.2 Å². The Balaban J connectivity index is 2.56. The fraction of sp³-hybridized carbons (Fsp3) is 0.143. The molecule has 0 aliphatic rings. The molecule has 1 aromatic heterocycles. The van der Waals surface area contributed by atoms with E-state index in [2.05, 4.69) is 4.98 Å². The highest BCUT2D eigenvalue weighted by atomic mass is 35.5.